The van der Waals surface area contributed by atoms with Gasteiger partial charge in [-0.3, -0.25) is 4.79 Å². The van der Waals surface area contributed by atoms with E-state index in [1.165, 1.54) is 16.3 Å². The van der Waals surface area contributed by atoms with Gasteiger partial charge in [0.2, 0.25) is 0 Å². The number of hydrogen-bond donors (Lipinski definition) is 0. The normalized spacial score (nSPS) is 10.5. The lowest BCUT2D eigenvalue weighted by atomic mass is 10.1. The Morgan fingerprint density at radius 1 is 1.17 bits per heavy atom. The Morgan fingerprint density at radius 2 is 1.94 bits per heavy atom. The van der Waals surface area contributed by atoms with Gasteiger partial charge in [-0.1, -0.05) is 42.5 Å². The molecule has 94 valence electrons. The Hall–Kier alpha value is -1.48. The number of benzene rings is 2. The summed E-state index contributed by atoms with van der Waals surface area (Å²) in [7, 11) is 0. The minimum atomic E-state index is -0.136. The molecule has 0 heterocycles. The van der Waals surface area contributed by atoms with Gasteiger partial charge in [0.05, 0.1) is 12.4 Å². The van der Waals surface area contributed by atoms with E-state index in [4.69, 9.17) is 4.74 Å². The van der Waals surface area contributed by atoms with Gasteiger partial charge in [0.1, 0.15) is 0 Å². The minimum absolute atomic E-state index is 0.136. The number of carbonyl (C=O) groups is 1. The summed E-state index contributed by atoms with van der Waals surface area (Å²) < 4.78 is 4.89. The Balaban J connectivity index is 1.93. The highest BCUT2D eigenvalue weighted by atomic mass is 32.2. The van der Waals surface area contributed by atoms with Gasteiger partial charge in [-0.25, -0.2) is 0 Å². The zero-order valence-electron chi connectivity index (χ0n) is 10.4. The van der Waals surface area contributed by atoms with Crippen molar-refractivity contribution in [1.29, 1.82) is 0 Å². The van der Waals surface area contributed by atoms with Crippen LogP contribution in [0.25, 0.3) is 10.8 Å². The SMILES string of the molecule is CCOC(=O)CSCc1ccc2ccccc2c1. The molecule has 0 saturated carbocycles. The van der Waals surface area contributed by atoms with E-state index in [0.717, 1.165) is 5.75 Å². The van der Waals surface area contributed by atoms with Crippen molar-refractivity contribution in [2.45, 2.75) is 12.7 Å². The molecule has 2 aromatic rings. The Bertz CT molecular complexity index is 537. The number of esters is 1. The maximum absolute atomic E-state index is 11.2. The highest BCUT2D eigenvalue weighted by Gasteiger charge is 2.02. The molecule has 18 heavy (non-hydrogen) atoms. The van der Waals surface area contributed by atoms with Crippen LogP contribution >= 0.6 is 11.8 Å². The van der Waals surface area contributed by atoms with Crippen molar-refractivity contribution in [3.05, 3.63) is 48.0 Å². The second-order valence-electron chi connectivity index (χ2n) is 3.98. The summed E-state index contributed by atoms with van der Waals surface area (Å²) in [5, 5.41) is 2.49. The molecule has 2 aromatic carbocycles. The summed E-state index contributed by atoms with van der Waals surface area (Å²) in [5.41, 5.74) is 1.24. The highest BCUT2D eigenvalue weighted by Crippen LogP contribution is 2.19. The van der Waals surface area contributed by atoms with Crippen molar-refractivity contribution in [2.75, 3.05) is 12.4 Å². The number of fused-ring (bicyclic) bond motifs is 1. The number of thioether (sulfide) groups is 1. The molecule has 0 unspecified atom stereocenters. The van der Waals surface area contributed by atoms with Gasteiger partial charge in [-0.05, 0) is 23.3 Å². The molecule has 0 saturated heterocycles. The van der Waals surface area contributed by atoms with E-state index in [-0.39, 0.29) is 5.97 Å². The van der Waals surface area contributed by atoms with Crippen LogP contribution in [0, 0.1) is 0 Å². The van der Waals surface area contributed by atoms with Crippen molar-refractivity contribution in [3.8, 4) is 0 Å². The van der Waals surface area contributed by atoms with Crippen LogP contribution in [-0.4, -0.2) is 18.3 Å². The second-order valence-corrected chi connectivity index (χ2v) is 4.96. The molecule has 0 aliphatic heterocycles. The fourth-order valence-electron chi connectivity index (χ4n) is 1.78. The van der Waals surface area contributed by atoms with Gasteiger partial charge in [-0.15, -0.1) is 11.8 Å². The number of ether oxygens (including phenoxy) is 1. The number of carbonyl (C=O) groups excluding carboxylic acids is 1. The first-order chi connectivity index (χ1) is 8.79. The first kappa shape index (κ1) is 13.0. The van der Waals surface area contributed by atoms with Crippen LogP contribution in [0.1, 0.15) is 12.5 Å². The summed E-state index contributed by atoms with van der Waals surface area (Å²) in [6, 6.07) is 14.7. The third-order valence-corrected chi connectivity index (χ3v) is 3.59. The molecule has 0 spiro atoms. The maximum Gasteiger partial charge on any atom is 0.315 e. The fraction of sp³-hybridized carbons (Fsp3) is 0.267. The summed E-state index contributed by atoms with van der Waals surface area (Å²) in [6.07, 6.45) is 0. The van der Waals surface area contributed by atoms with Crippen molar-refractivity contribution in [2.24, 2.45) is 0 Å². The molecule has 0 fully saturated rings. The first-order valence-corrected chi connectivity index (χ1v) is 7.16. The van der Waals surface area contributed by atoms with E-state index in [0.29, 0.717) is 12.4 Å². The van der Waals surface area contributed by atoms with Crippen molar-refractivity contribution < 1.29 is 9.53 Å². The lowest BCUT2D eigenvalue weighted by Gasteiger charge is -2.04. The van der Waals surface area contributed by atoms with E-state index in [1.54, 1.807) is 11.8 Å². The monoisotopic (exact) mass is 260 g/mol. The van der Waals surface area contributed by atoms with Gasteiger partial charge in [-0.2, -0.15) is 0 Å². The molecule has 0 radical (unpaired) electrons. The van der Waals surface area contributed by atoms with Crippen LogP contribution in [0.4, 0.5) is 0 Å². The zero-order chi connectivity index (χ0) is 12.8. The van der Waals surface area contributed by atoms with E-state index >= 15 is 0 Å². The molecule has 3 heteroatoms. The predicted octanol–water partition coefficient (Wildman–Crippen LogP) is 3.64. The third-order valence-electron chi connectivity index (χ3n) is 2.61. The molecular weight excluding hydrogens is 244 g/mol. The largest absolute Gasteiger partial charge is 0.465 e. The third kappa shape index (κ3) is 3.50. The molecule has 0 aliphatic carbocycles. The van der Waals surface area contributed by atoms with Gasteiger partial charge in [0.15, 0.2) is 0 Å². The lowest BCUT2D eigenvalue weighted by Crippen LogP contribution is -2.06. The zero-order valence-corrected chi connectivity index (χ0v) is 11.2. The van der Waals surface area contributed by atoms with Crippen molar-refractivity contribution in [3.63, 3.8) is 0 Å². The van der Waals surface area contributed by atoms with Gasteiger partial charge >= 0.3 is 5.97 Å². The molecule has 0 aromatic heterocycles. The average Bonchev–Trinajstić information content (AvgIpc) is 2.39. The fourth-order valence-corrected chi connectivity index (χ4v) is 2.55. The molecule has 0 bridgehead atoms. The van der Waals surface area contributed by atoms with Gasteiger partial charge < -0.3 is 4.74 Å². The van der Waals surface area contributed by atoms with Crippen molar-refractivity contribution in [1.82, 2.24) is 0 Å². The molecule has 0 aliphatic rings. The second kappa shape index (κ2) is 6.45. The number of rotatable bonds is 5. The van der Waals surface area contributed by atoms with Crippen LogP contribution in [-0.2, 0) is 15.3 Å². The van der Waals surface area contributed by atoms with Crippen LogP contribution < -0.4 is 0 Å². The first-order valence-electron chi connectivity index (χ1n) is 6.00. The van der Waals surface area contributed by atoms with Crippen LogP contribution in [0.2, 0.25) is 0 Å². The van der Waals surface area contributed by atoms with E-state index in [2.05, 4.69) is 30.3 Å². The summed E-state index contributed by atoms with van der Waals surface area (Å²) >= 11 is 1.59. The molecule has 0 N–H and O–H groups in total. The Kier molecular flexibility index (Phi) is 4.65. The van der Waals surface area contributed by atoms with Crippen LogP contribution in [0.3, 0.4) is 0 Å². The van der Waals surface area contributed by atoms with Crippen LogP contribution in [0.15, 0.2) is 42.5 Å². The molecular formula is C15H16O2S. The smallest absolute Gasteiger partial charge is 0.315 e. The predicted molar refractivity (Wildman–Crippen MR) is 76.7 cm³/mol. The topological polar surface area (TPSA) is 26.3 Å². The van der Waals surface area contributed by atoms with Crippen molar-refractivity contribution >= 4 is 28.5 Å². The van der Waals surface area contributed by atoms with E-state index in [1.807, 2.05) is 19.1 Å². The lowest BCUT2D eigenvalue weighted by molar-refractivity contribution is -0.139. The van der Waals surface area contributed by atoms with E-state index < -0.39 is 0 Å². The molecule has 0 amide bonds. The Morgan fingerprint density at radius 3 is 2.72 bits per heavy atom. The maximum atomic E-state index is 11.2. The average molecular weight is 260 g/mol. The van der Waals surface area contributed by atoms with Crippen LogP contribution in [0.5, 0.6) is 0 Å². The van der Waals surface area contributed by atoms with Gasteiger partial charge in [0.25, 0.3) is 0 Å². The standard InChI is InChI=1S/C15H16O2S/c1-2-17-15(16)11-18-10-12-7-8-13-5-3-4-6-14(13)9-12/h3-9H,2,10-11H2,1H3. The number of hydrogen-bond acceptors (Lipinski definition) is 3. The quantitative estimate of drug-likeness (QED) is 0.768. The summed E-state index contributed by atoms with van der Waals surface area (Å²) in [4.78, 5) is 11.2. The Labute approximate surface area is 111 Å². The van der Waals surface area contributed by atoms with E-state index in [9.17, 15) is 4.79 Å². The molecule has 0 atom stereocenters. The summed E-state index contributed by atoms with van der Waals surface area (Å²) in [6.45, 7) is 2.28. The summed E-state index contributed by atoms with van der Waals surface area (Å²) in [5.74, 6) is 1.12. The molecule has 2 nitrogen and oxygen atoms in total. The van der Waals surface area contributed by atoms with Gasteiger partial charge in [0, 0.05) is 5.75 Å². The molecule has 2 rings (SSSR count). The highest BCUT2D eigenvalue weighted by molar-refractivity contribution is 7.99. The minimum Gasteiger partial charge on any atom is -0.465 e.